The molecule has 0 aromatic rings. The molecular weight excluding hydrogens is 582 g/mol. The number of hydrogen-bond donors (Lipinski definition) is 0. The first-order chi connectivity index (χ1) is 19.0. The standard InChI is InChI=1S/C34H71O4P.2K/c1-3-5-7-9-11-13-15-17-19-21-23-25-27-29-31-33-34(38-39(35,36)37)32-30-28-26-24-22-20-18-16-14-12-10-8-6-4-2;;/h34H,3-33H2,1-2H3,(H2,35,36,37);;/q;2*+1/p-2. The van der Waals surface area contributed by atoms with Gasteiger partial charge >= 0.3 is 103 Å². The van der Waals surface area contributed by atoms with E-state index in [-0.39, 0.29) is 103 Å². The van der Waals surface area contributed by atoms with E-state index in [4.69, 9.17) is 4.52 Å². The number of unbranched alkanes of at least 4 members (excludes halogenated alkanes) is 27. The Morgan fingerprint density at radius 2 is 0.610 bits per heavy atom. The smallest absolute Gasteiger partial charge is 0.790 e. The zero-order chi connectivity index (χ0) is 28.7. The van der Waals surface area contributed by atoms with Crippen LogP contribution >= 0.6 is 7.82 Å². The molecule has 0 aliphatic heterocycles. The Bertz CT molecular complexity index is 519. The molecular formula is C34H69K2O4P. The van der Waals surface area contributed by atoms with Gasteiger partial charge in [-0.05, 0) is 12.8 Å². The average Bonchev–Trinajstić information content (AvgIpc) is 2.90. The summed E-state index contributed by atoms with van der Waals surface area (Å²) in [7, 11) is -4.90. The first-order valence-electron chi connectivity index (χ1n) is 17.7. The maximum atomic E-state index is 11.2. The van der Waals surface area contributed by atoms with E-state index in [2.05, 4.69) is 13.8 Å². The van der Waals surface area contributed by atoms with Gasteiger partial charge in [-0.3, -0.25) is 0 Å². The molecule has 0 amide bonds. The summed E-state index contributed by atoms with van der Waals surface area (Å²) in [5, 5.41) is 0. The Labute approximate surface area is 343 Å². The molecule has 0 N–H and O–H groups in total. The van der Waals surface area contributed by atoms with Crippen LogP contribution in [0, 0.1) is 0 Å². The van der Waals surface area contributed by atoms with Crippen molar-refractivity contribution in [1.29, 1.82) is 0 Å². The summed E-state index contributed by atoms with van der Waals surface area (Å²) in [5.74, 6) is 0. The van der Waals surface area contributed by atoms with Crippen molar-refractivity contribution in [2.45, 2.75) is 219 Å². The number of phosphoric ester groups is 1. The second-order valence-electron chi connectivity index (χ2n) is 12.3. The number of hydrogen-bond acceptors (Lipinski definition) is 4. The van der Waals surface area contributed by atoms with Crippen molar-refractivity contribution >= 4 is 7.82 Å². The van der Waals surface area contributed by atoms with E-state index < -0.39 is 13.9 Å². The van der Waals surface area contributed by atoms with Crippen LogP contribution in [0.2, 0.25) is 0 Å². The van der Waals surface area contributed by atoms with Crippen LogP contribution < -0.4 is 113 Å². The van der Waals surface area contributed by atoms with Gasteiger partial charge in [0.2, 0.25) is 0 Å². The fraction of sp³-hybridized carbons (Fsp3) is 1.00. The zero-order valence-electron chi connectivity index (χ0n) is 28.6. The predicted molar refractivity (Wildman–Crippen MR) is 167 cm³/mol. The van der Waals surface area contributed by atoms with Crippen LogP contribution in [0.3, 0.4) is 0 Å². The largest absolute Gasteiger partial charge is 1.00 e. The first kappa shape index (κ1) is 48.8. The Morgan fingerprint density at radius 3 is 0.805 bits per heavy atom. The van der Waals surface area contributed by atoms with Crippen LogP contribution in [0.5, 0.6) is 0 Å². The van der Waals surface area contributed by atoms with Crippen LogP contribution in [0.4, 0.5) is 0 Å². The molecule has 0 aromatic heterocycles. The Kier molecular flexibility index (Phi) is 47.1. The normalized spacial score (nSPS) is 12.2. The maximum Gasteiger partial charge on any atom is 1.00 e. The van der Waals surface area contributed by atoms with Crippen molar-refractivity contribution in [2.75, 3.05) is 0 Å². The summed E-state index contributed by atoms with van der Waals surface area (Å²) in [4.78, 5) is 22.4. The maximum absolute atomic E-state index is 11.2. The third kappa shape index (κ3) is 43.4. The minimum atomic E-state index is -4.90. The van der Waals surface area contributed by atoms with Gasteiger partial charge in [0, 0.05) is 0 Å². The van der Waals surface area contributed by atoms with Gasteiger partial charge in [-0.25, -0.2) is 0 Å². The van der Waals surface area contributed by atoms with Crippen LogP contribution in [0.1, 0.15) is 213 Å². The van der Waals surface area contributed by atoms with E-state index in [0.717, 1.165) is 25.7 Å². The molecule has 0 bridgehead atoms. The molecule has 1 atom stereocenters. The Balaban J connectivity index is -0.00000722. The van der Waals surface area contributed by atoms with Gasteiger partial charge in [0.1, 0.15) is 0 Å². The van der Waals surface area contributed by atoms with E-state index in [1.165, 1.54) is 161 Å². The number of rotatable bonds is 33. The molecule has 7 heteroatoms. The summed E-state index contributed by atoms with van der Waals surface area (Å²) in [5.41, 5.74) is 0. The topological polar surface area (TPSA) is 72.4 Å². The van der Waals surface area contributed by atoms with Gasteiger partial charge in [-0.2, -0.15) is 0 Å². The molecule has 0 aliphatic rings. The molecule has 4 nitrogen and oxygen atoms in total. The number of phosphoric acid groups is 1. The van der Waals surface area contributed by atoms with Crippen molar-refractivity contribution in [3.8, 4) is 0 Å². The summed E-state index contributed by atoms with van der Waals surface area (Å²) >= 11 is 0. The van der Waals surface area contributed by atoms with Crippen LogP contribution in [0.25, 0.3) is 0 Å². The zero-order valence-corrected chi connectivity index (χ0v) is 35.7. The summed E-state index contributed by atoms with van der Waals surface area (Å²) < 4.78 is 16.1. The third-order valence-electron chi connectivity index (χ3n) is 8.29. The molecule has 0 saturated heterocycles. The molecule has 1 unspecified atom stereocenters. The fourth-order valence-electron chi connectivity index (χ4n) is 5.74. The fourth-order valence-corrected chi connectivity index (χ4v) is 6.32. The van der Waals surface area contributed by atoms with E-state index in [1.54, 1.807) is 0 Å². The first-order valence-corrected chi connectivity index (χ1v) is 19.2. The molecule has 0 radical (unpaired) electrons. The van der Waals surface area contributed by atoms with Crippen LogP contribution in [0.15, 0.2) is 0 Å². The van der Waals surface area contributed by atoms with Gasteiger partial charge in [-0.15, -0.1) is 0 Å². The van der Waals surface area contributed by atoms with Gasteiger partial charge < -0.3 is 18.9 Å². The van der Waals surface area contributed by atoms with Gasteiger partial charge in [0.25, 0.3) is 0 Å². The van der Waals surface area contributed by atoms with Gasteiger partial charge in [0.05, 0.1) is 13.9 Å². The second kappa shape index (κ2) is 39.6. The second-order valence-corrected chi connectivity index (χ2v) is 13.4. The van der Waals surface area contributed by atoms with Crippen molar-refractivity contribution in [1.82, 2.24) is 0 Å². The van der Waals surface area contributed by atoms with E-state index in [9.17, 15) is 14.4 Å². The average molecular weight is 651 g/mol. The quantitative estimate of drug-likeness (QED) is 0.0546. The molecule has 0 aliphatic carbocycles. The monoisotopic (exact) mass is 650 g/mol. The van der Waals surface area contributed by atoms with Gasteiger partial charge in [0.15, 0.2) is 0 Å². The molecule has 41 heavy (non-hydrogen) atoms. The molecule has 0 rings (SSSR count). The minimum Gasteiger partial charge on any atom is -0.790 e. The van der Waals surface area contributed by atoms with Crippen LogP contribution in [-0.4, -0.2) is 6.10 Å². The summed E-state index contributed by atoms with van der Waals surface area (Å²) in [6, 6.07) is 0. The molecule has 236 valence electrons. The Hall–Kier alpha value is 3.38. The van der Waals surface area contributed by atoms with E-state index >= 15 is 0 Å². The van der Waals surface area contributed by atoms with Crippen molar-refractivity contribution < 1.29 is 122 Å². The van der Waals surface area contributed by atoms with Crippen molar-refractivity contribution in [3.05, 3.63) is 0 Å². The van der Waals surface area contributed by atoms with E-state index in [0.29, 0.717) is 12.8 Å². The molecule has 0 spiro atoms. The van der Waals surface area contributed by atoms with Crippen molar-refractivity contribution in [3.63, 3.8) is 0 Å². The molecule has 0 heterocycles. The third-order valence-corrected chi connectivity index (χ3v) is 8.84. The minimum absolute atomic E-state index is 0. The molecule has 0 aromatic carbocycles. The van der Waals surface area contributed by atoms with Crippen LogP contribution in [-0.2, 0) is 9.09 Å². The van der Waals surface area contributed by atoms with Gasteiger partial charge in [-0.1, -0.05) is 200 Å². The predicted octanol–water partition coefficient (Wildman–Crippen LogP) is 5.34. The SMILES string of the molecule is CCCCCCCCCCCCCCCCCC(CCCCCCCCCCCCCCCC)OP(=O)([O-])[O-].[K+].[K+]. The summed E-state index contributed by atoms with van der Waals surface area (Å²) in [6.45, 7) is 4.54. The van der Waals surface area contributed by atoms with E-state index in [1.807, 2.05) is 0 Å². The molecule has 0 fully saturated rings. The summed E-state index contributed by atoms with van der Waals surface area (Å²) in [6.07, 6.45) is 39.0. The Morgan fingerprint density at radius 1 is 0.415 bits per heavy atom. The molecule has 0 saturated carbocycles. The van der Waals surface area contributed by atoms with Crippen molar-refractivity contribution in [2.24, 2.45) is 0 Å².